The monoisotopic (exact) mass is 367 g/mol. The molecule has 0 aliphatic rings. The SMILES string of the molecule is COc1ccc(-c2nnc(NC(=O)c3ccc(C(C)=O)cc3)o2)cc1OC. The van der Waals surface area contributed by atoms with E-state index in [-0.39, 0.29) is 17.7 Å². The molecule has 0 unspecified atom stereocenters. The van der Waals surface area contributed by atoms with Crippen LogP contribution >= 0.6 is 0 Å². The summed E-state index contributed by atoms with van der Waals surface area (Å²) in [6.07, 6.45) is 0. The van der Waals surface area contributed by atoms with Crippen LogP contribution < -0.4 is 14.8 Å². The molecular weight excluding hydrogens is 350 g/mol. The molecule has 1 amide bonds. The van der Waals surface area contributed by atoms with Gasteiger partial charge in [-0.2, -0.15) is 0 Å². The minimum Gasteiger partial charge on any atom is -0.493 e. The van der Waals surface area contributed by atoms with Gasteiger partial charge in [0.25, 0.3) is 5.91 Å². The number of nitrogens with one attached hydrogen (secondary N) is 1. The van der Waals surface area contributed by atoms with Gasteiger partial charge in [-0.25, -0.2) is 0 Å². The molecule has 0 fully saturated rings. The van der Waals surface area contributed by atoms with E-state index in [1.807, 2.05) is 0 Å². The summed E-state index contributed by atoms with van der Waals surface area (Å²) in [5.74, 6) is 0.817. The number of Topliss-reactive ketones (excluding diaryl/α,β-unsaturated/α-hetero) is 1. The van der Waals surface area contributed by atoms with Gasteiger partial charge in [0.05, 0.1) is 14.2 Å². The molecule has 0 atom stereocenters. The molecule has 0 aliphatic carbocycles. The number of methoxy groups -OCH3 is 2. The van der Waals surface area contributed by atoms with Crippen molar-refractivity contribution in [1.82, 2.24) is 10.2 Å². The van der Waals surface area contributed by atoms with Crippen LogP contribution in [0, 0.1) is 0 Å². The van der Waals surface area contributed by atoms with Crippen molar-refractivity contribution in [3.05, 3.63) is 53.6 Å². The number of rotatable bonds is 6. The Morgan fingerprint density at radius 1 is 0.926 bits per heavy atom. The van der Waals surface area contributed by atoms with Gasteiger partial charge in [-0.05, 0) is 37.3 Å². The Morgan fingerprint density at radius 3 is 2.22 bits per heavy atom. The van der Waals surface area contributed by atoms with Crippen molar-refractivity contribution in [3.63, 3.8) is 0 Å². The first-order valence-electron chi connectivity index (χ1n) is 8.00. The van der Waals surface area contributed by atoms with E-state index in [0.29, 0.717) is 28.2 Å². The molecule has 0 radical (unpaired) electrons. The summed E-state index contributed by atoms with van der Waals surface area (Å²) in [6, 6.07) is 11.4. The molecular formula is C19H17N3O5. The number of hydrogen-bond acceptors (Lipinski definition) is 7. The molecule has 138 valence electrons. The minimum absolute atomic E-state index is 0.0413. The summed E-state index contributed by atoms with van der Waals surface area (Å²) in [5.41, 5.74) is 1.51. The van der Waals surface area contributed by atoms with Crippen LogP contribution in [0.2, 0.25) is 0 Å². The van der Waals surface area contributed by atoms with Gasteiger partial charge in [-0.15, -0.1) is 5.10 Å². The number of amides is 1. The number of carbonyl (C=O) groups excluding carboxylic acids is 2. The Bertz CT molecular complexity index is 979. The average Bonchev–Trinajstić information content (AvgIpc) is 3.15. The molecule has 3 aromatic rings. The van der Waals surface area contributed by atoms with Crippen LogP contribution in [0.5, 0.6) is 11.5 Å². The first-order chi connectivity index (χ1) is 13.0. The molecule has 0 saturated carbocycles. The summed E-state index contributed by atoms with van der Waals surface area (Å²) in [5, 5.41) is 10.3. The zero-order chi connectivity index (χ0) is 19.4. The standard InChI is InChI=1S/C19H17N3O5/c1-11(23)12-4-6-13(7-5-12)17(24)20-19-22-21-18(27-19)14-8-9-15(25-2)16(10-14)26-3/h4-10H,1-3H3,(H,20,22,24). The predicted octanol–water partition coefficient (Wildman–Crippen LogP) is 3.21. The third kappa shape index (κ3) is 3.95. The van der Waals surface area contributed by atoms with Gasteiger partial charge in [0.15, 0.2) is 17.3 Å². The zero-order valence-electron chi connectivity index (χ0n) is 15.0. The molecule has 2 aromatic carbocycles. The Kier molecular flexibility index (Phi) is 5.16. The molecule has 1 aromatic heterocycles. The average molecular weight is 367 g/mol. The van der Waals surface area contributed by atoms with Gasteiger partial charge >= 0.3 is 6.01 Å². The van der Waals surface area contributed by atoms with Crippen molar-refractivity contribution in [1.29, 1.82) is 0 Å². The second kappa shape index (κ2) is 7.69. The highest BCUT2D eigenvalue weighted by molar-refractivity contribution is 6.04. The summed E-state index contributed by atoms with van der Waals surface area (Å²) in [6.45, 7) is 1.46. The lowest BCUT2D eigenvalue weighted by atomic mass is 10.1. The lowest BCUT2D eigenvalue weighted by Gasteiger charge is -2.07. The van der Waals surface area contributed by atoms with E-state index in [1.165, 1.54) is 14.0 Å². The fourth-order valence-corrected chi connectivity index (χ4v) is 2.39. The van der Waals surface area contributed by atoms with Crippen LogP contribution in [0.25, 0.3) is 11.5 Å². The summed E-state index contributed by atoms with van der Waals surface area (Å²) < 4.78 is 15.9. The molecule has 8 heteroatoms. The number of anilines is 1. The lowest BCUT2D eigenvalue weighted by Crippen LogP contribution is -2.12. The first-order valence-corrected chi connectivity index (χ1v) is 8.00. The van der Waals surface area contributed by atoms with Crippen LogP contribution in [0.1, 0.15) is 27.6 Å². The highest BCUT2D eigenvalue weighted by Crippen LogP contribution is 2.32. The van der Waals surface area contributed by atoms with E-state index in [9.17, 15) is 9.59 Å². The van der Waals surface area contributed by atoms with Crippen molar-refractivity contribution in [2.24, 2.45) is 0 Å². The minimum atomic E-state index is -0.424. The summed E-state index contributed by atoms with van der Waals surface area (Å²) in [4.78, 5) is 23.6. The fourth-order valence-electron chi connectivity index (χ4n) is 2.39. The highest BCUT2D eigenvalue weighted by atomic mass is 16.5. The third-order valence-corrected chi connectivity index (χ3v) is 3.83. The smallest absolute Gasteiger partial charge is 0.322 e. The van der Waals surface area contributed by atoms with Gasteiger partial charge in [-0.1, -0.05) is 17.2 Å². The second-order valence-corrected chi connectivity index (χ2v) is 5.57. The number of benzene rings is 2. The molecule has 1 N–H and O–H groups in total. The van der Waals surface area contributed by atoms with Gasteiger partial charge in [0.2, 0.25) is 5.89 Å². The first kappa shape index (κ1) is 18.1. The number of ether oxygens (including phenoxy) is 2. The molecule has 1 heterocycles. The molecule has 8 nitrogen and oxygen atoms in total. The number of aromatic nitrogens is 2. The largest absolute Gasteiger partial charge is 0.493 e. The van der Waals surface area contributed by atoms with Crippen molar-refractivity contribution in [3.8, 4) is 23.0 Å². The van der Waals surface area contributed by atoms with Crippen LogP contribution in [0.15, 0.2) is 46.9 Å². The highest BCUT2D eigenvalue weighted by Gasteiger charge is 2.15. The number of ketones is 1. The zero-order valence-corrected chi connectivity index (χ0v) is 15.0. The Labute approximate surface area is 155 Å². The van der Waals surface area contributed by atoms with E-state index in [1.54, 1.807) is 49.6 Å². The van der Waals surface area contributed by atoms with Crippen molar-refractivity contribution in [2.75, 3.05) is 19.5 Å². The normalized spacial score (nSPS) is 10.3. The third-order valence-electron chi connectivity index (χ3n) is 3.83. The van der Waals surface area contributed by atoms with Crippen LogP contribution in [-0.2, 0) is 0 Å². The summed E-state index contributed by atoms with van der Waals surface area (Å²) >= 11 is 0. The van der Waals surface area contributed by atoms with Crippen LogP contribution in [0.4, 0.5) is 6.01 Å². The Hall–Kier alpha value is -3.68. The molecule has 3 rings (SSSR count). The second-order valence-electron chi connectivity index (χ2n) is 5.57. The van der Waals surface area contributed by atoms with Crippen LogP contribution in [-0.4, -0.2) is 36.1 Å². The maximum atomic E-state index is 12.3. The molecule has 0 bridgehead atoms. The fraction of sp³-hybridized carbons (Fsp3) is 0.158. The van der Waals surface area contributed by atoms with Crippen LogP contribution in [0.3, 0.4) is 0 Å². The number of hydrogen-bond donors (Lipinski definition) is 1. The van der Waals surface area contributed by atoms with Gasteiger partial charge < -0.3 is 13.9 Å². The van der Waals surface area contributed by atoms with E-state index in [0.717, 1.165) is 0 Å². The van der Waals surface area contributed by atoms with Gasteiger partial charge in [-0.3, -0.25) is 14.9 Å². The van der Waals surface area contributed by atoms with E-state index in [2.05, 4.69) is 15.5 Å². The molecule has 0 saturated heterocycles. The number of nitrogens with zero attached hydrogens (tertiary/aromatic N) is 2. The molecule has 0 aliphatic heterocycles. The van der Waals surface area contributed by atoms with E-state index in [4.69, 9.17) is 13.9 Å². The van der Waals surface area contributed by atoms with Gasteiger partial charge in [0.1, 0.15) is 0 Å². The summed E-state index contributed by atoms with van der Waals surface area (Å²) in [7, 11) is 3.07. The topological polar surface area (TPSA) is 104 Å². The van der Waals surface area contributed by atoms with Crippen molar-refractivity contribution < 1.29 is 23.5 Å². The number of carbonyl (C=O) groups is 2. The maximum Gasteiger partial charge on any atom is 0.322 e. The predicted molar refractivity (Wildman–Crippen MR) is 97.2 cm³/mol. The van der Waals surface area contributed by atoms with E-state index >= 15 is 0 Å². The maximum absolute atomic E-state index is 12.3. The molecule has 0 spiro atoms. The van der Waals surface area contributed by atoms with Crippen molar-refractivity contribution in [2.45, 2.75) is 6.92 Å². The molecule has 27 heavy (non-hydrogen) atoms. The van der Waals surface area contributed by atoms with E-state index < -0.39 is 5.91 Å². The Morgan fingerprint density at radius 2 is 1.59 bits per heavy atom. The Balaban J connectivity index is 1.76. The van der Waals surface area contributed by atoms with Crippen molar-refractivity contribution >= 4 is 17.7 Å². The van der Waals surface area contributed by atoms with Gasteiger partial charge in [0, 0.05) is 16.7 Å². The lowest BCUT2D eigenvalue weighted by molar-refractivity contribution is 0.100. The quantitative estimate of drug-likeness (QED) is 0.667.